The minimum atomic E-state index is 0.490. The average Bonchev–Trinajstić information content (AvgIpc) is 3.04. The molecule has 3 aromatic rings. The molecule has 0 spiro atoms. The van der Waals surface area contributed by atoms with Crippen molar-refractivity contribution in [1.29, 1.82) is 5.26 Å². The molecular formula is C20H18N2O. The molecule has 0 aliphatic heterocycles. The first-order valence-corrected chi connectivity index (χ1v) is 7.66. The van der Waals surface area contributed by atoms with E-state index in [9.17, 15) is 5.26 Å². The third kappa shape index (κ3) is 3.18. The fraction of sp³-hybridized carbons (Fsp3) is 0.150. The quantitative estimate of drug-likeness (QED) is 0.641. The normalized spacial score (nSPS) is 11.6. The molecule has 0 N–H and O–H groups in total. The summed E-state index contributed by atoms with van der Waals surface area (Å²) < 4.78 is 7.45. The maximum Gasteiger partial charge on any atom is 0.122 e. The molecule has 0 fully saturated rings. The van der Waals surface area contributed by atoms with Gasteiger partial charge in [-0.3, -0.25) is 0 Å². The zero-order valence-corrected chi connectivity index (χ0v) is 13.1. The number of ether oxygens (including phenoxy) is 1. The average molecular weight is 302 g/mol. The highest BCUT2D eigenvalue weighted by Gasteiger charge is 2.07. The Labute approximate surface area is 136 Å². The molecule has 0 bridgehead atoms. The summed E-state index contributed by atoms with van der Waals surface area (Å²) in [5, 5.41) is 11.9. The Hall–Kier alpha value is -2.83. The van der Waals surface area contributed by atoms with Crippen molar-refractivity contribution >= 4 is 22.4 Å². The lowest BCUT2D eigenvalue weighted by molar-refractivity contribution is 0.0877. The van der Waals surface area contributed by atoms with Crippen LogP contribution in [0.25, 0.3) is 22.4 Å². The van der Waals surface area contributed by atoms with Crippen LogP contribution < -0.4 is 0 Å². The number of fused-ring (bicyclic) bond motifs is 1. The highest BCUT2D eigenvalue weighted by Crippen LogP contribution is 2.26. The fourth-order valence-electron chi connectivity index (χ4n) is 2.64. The van der Waals surface area contributed by atoms with Gasteiger partial charge in [-0.05, 0) is 35.9 Å². The number of allylic oxidation sites excluding steroid dienone is 1. The zero-order chi connectivity index (χ0) is 16.1. The van der Waals surface area contributed by atoms with E-state index in [0.717, 1.165) is 22.0 Å². The molecule has 0 saturated carbocycles. The Balaban J connectivity index is 2.06. The van der Waals surface area contributed by atoms with Gasteiger partial charge in [-0.25, -0.2) is 0 Å². The first-order chi connectivity index (χ1) is 11.3. The molecule has 1 heterocycles. The van der Waals surface area contributed by atoms with Gasteiger partial charge in [0.05, 0.1) is 11.6 Å². The second-order valence-electron chi connectivity index (χ2n) is 5.22. The lowest BCUT2D eigenvalue weighted by atomic mass is 9.98. The summed E-state index contributed by atoms with van der Waals surface area (Å²) in [4.78, 5) is 0. The molecule has 0 atom stereocenters. The van der Waals surface area contributed by atoms with E-state index >= 15 is 0 Å². The molecule has 3 nitrogen and oxygen atoms in total. The van der Waals surface area contributed by atoms with Crippen molar-refractivity contribution in [2.75, 3.05) is 6.61 Å². The van der Waals surface area contributed by atoms with E-state index in [-0.39, 0.29) is 0 Å². The molecule has 0 aliphatic carbocycles. The van der Waals surface area contributed by atoms with Crippen molar-refractivity contribution in [3.05, 3.63) is 72.1 Å². The van der Waals surface area contributed by atoms with Gasteiger partial charge in [-0.2, -0.15) is 5.26 Å². The van der Waals surface area contributed by atoms with Gasteiger partial charge in [0.1, 0.15) is 6.73 Å². The summed E-state index contributed by atoms with van der Waals surface area (Å²) >= 11 is 0. The Morgan fingerprint density at radius 3 is 2.78 bits per heavy atom. The third-order valence-corrected chi connectivity index (χ3v) is 3.79. The maximum atomic E-state index is 9.65. The number of rotatable bonds is 5. The van der Waals surface area contributed by atoms with Gasteiger partial charge in [0, 0.05) is 24.1 Å². The molecule has 0 amide bonds. The van der Waals surface area contributed by atoms with Crippen LogP contribution in [0.15, 0.2) is 60.8 Å². The molecule has 114 valence electrons. The number of nitrogens with zero attached hydrogens (tertiary/aromatic N) is 2. The summed E-state index contributed by atoms with van der Waals surface area (Å²) in [7, 11) is 0. The molecule has 2 aromatic carbocycles. The molecule has 1 aromatic heterocycles. The standard InChI is InChI=1S/C20H18N2O/c1-2-23-15-22-12-6-9-18(22)13-17(14-21)20-11-5-8-16-7-3-4-10-19(16)20/h3-13H,2,15H2,1H3/b17-13+. The van der Waals surface area contributed by atoms with Crippen molar-refractivity contribution in [2.24, 2.45) is 0 Å². The van der Waals surface area contributed by atoms with Gasteiger partial charge >= 0.3 is 0 Å². The Kier molecular flexibility index (Phi) is 4.56. The van der Waals surface area contributed by atoms with Crippen LogP contribution in [-0.2, 0) is 11.5 Å². The van der Waals surface area contributed by atoms with E-state index in [1.807, 2.05) is 60.2 Å². The summed E-state index contributed by atoms with van der Waals surface area (Å²) in [6.07, 6.45) is 3.88. The van der Waals surface area contributed by atoms with Gasteiger partial charge in [0.2, 0.25) is 0 Å². The van der Waals surface area contributed by atoms with E-state index in [1.54, 1.807) is 0 Å². The van der Waals surface area contributed by atoms with Gasteiger partial charge < -0.3 is 9.30 Å². The van der Waals surface area contributed by atoms with Crippen LogP contribution in [0.4, 0.5) is 0 Å². The molecule has 0 saturated heterocycles. The first kappa shape index (κ1) is 15.1. The predicted octanol–water partition coefficient (Wildman–Crippen LogP) is 4.70. The lowest BCUT2D eigenvalue weighted by Crippen LogP contribution is -2.02. The number of hydrogen-bond acceptors (Lipinski definition) is 2. The minimum Gasteiger partial charge on any atom is -0.361 e. The molecule has 23 heavy (non-hydrogen) atoms. The van der Waals surface area contributed by atoms with Crippen LogP contribution in [0, 0.1) is 11.3 Å². The van der Waals surface area contributed by atoms with E-state index in [4.69, 9.17) is 4.74 Å². The fourth-order valence-corrected chi connectivity index (χ4v) is 2.64. The first-order valence-electron chi connectivity index (χ1n) is 7.66. The highest BCUT2D eigenvalue weighted by molar-refractivity contribution is 6.01. The SMILES string of the molecule is CCOCn1cccc1/C=C(\C#N)c1cccc2ccccc12. The highest BCUT2D eigenvalue weighted by atomic mass is 16.5. The van der Waals surface area contributed by atoms with Crippen molar-refractivity contribution in [2.45, 2.75) is 13.7 Å². The molecule has 0 unspecified atom stereocenters. The monoisotopic (exact) mass is 302 g/mol. The van der Waals surface area contributed by atoms with E-state index < -0.39 is 0 Å². The van der Waals surface area contributed by atoms with Crippen LogP contribution in [0.3, 0.4) is 0 Å². The van der Waals surface area contributed by atoms with Crippen molar-refractivity contribution in [3.8, 4) is 6.07 Å². The van der Waals surface area contributed by atoms with Gasteiger partial charge in [0.15, 0.2) is 0 Å². The number of aromatic nitrogens is 1. The van der Waals surface area contributed by atoms with Gasteiger partial charge in [0.25, 0.3) is 0 Å². The van der Waals surface area contributed by atoms with Crippen LogP contribution >= 0.6 is 0 Å². The second kappa shape index (κ2) is 6.95. The summed E-state index contributed by atoms with van der Waals surface area (Å²) in [6, 6.07) is 20.4. The summed E-state index contributed by atoms with van der Waals surface area (Å²) in [5.41, 5.74) is 2.57. The van der Waals surface area contributed by atoms with E-state index in [0.29, 0.717) is 18.9 Å². The lowest BCUT2D eigenvalue weighted by Gasteiger charge is -2.08. The summed E-state index contributed by atoms with van der Waals surface area (Å²) in [5.74, 6) is 0. The van der Waals surface area contributed by atoms with Gasteiger partial charge in [-0.1, -0.05) is 42.5 Å². The topological polar surface area (TPSA) is 38.0 Å². The predicted molar refractivity (Wildman–Crippen MR) is 93.5 cm³/mol. The second-order valence-corrected chi connectivity index (χ2v) is 5.22. The van der Waals surface area contributed by atoms with Crippen LogP contribution in [-0.4, -0.2) is 11.2 Å². The molecule has 3 rings (SSSR count). The van der Waals surface area contributed by atoms with Crippen LogP contribution in [0.5, 0.6) is 0 Å². The Bertz CT molecular complexity index is 879. The largest absolute Gasteiger partial charge is 0.361 e. The third-order valence-electron chi connectivity index (χ3n) is 3.79. The van der Waals surface area contributed by atoms with Gasteiger partial charge in [-0.15, -0.1) is 0 Å². The molecule has 0 radical (unpaired) electrons. The van der Waals surface area contributed by atoms with E-state index in [2.05, 4.69) is 24.3 Å². The Morgan fingerprint density at radius 2 is 1.96 bits per heavy atom. The number of benzene rings is 2. The van der Waals surface area contributed by atoms with Crippen molar-refractivity contribution in [3.63, 3.8) is 0 Å². The molecule has 3 heteroatoms. The molecule has 0 aliphatic rings. The zero-order valence-electron chi connectivity index (χ0n) is 13.1. The van der Waals surface area contributed by atoms with Crippen LogP contribution in [0.2, 0.25) is 0 Å². The Morgan fingerprint density at radius 1 is 1.13 bits per heavy atom. The number of nitriles is 1. The number of hydrogen-bond donors (Lipinski definition) is 0. The van der Waals surface area contributed by atoms with Crippen molar-refractivity contribution < 1.29 is 4.74 Å². The van der Waals surface area contributed by atoms with Crippen molar-refractivity contribution in [1.82, 2.24) is 4.57 Å². The summed E-state index contributed by atoms with van der Waals surface area (Å²) in [6.45, 7) is 3.12. The smallest absolute Gasteiger partial charge is 0.122 e. The van der Waals surface area contributed by atoms with Crippen LogP contribution in [0.1, 0.15) is 18.2 Å². The maximum absolute atomic E-state index is 9.65. The van der Waals surface area contributed by atoms with E-state index in [1.165, 1.54) is 0 Å². The minimum absolute atomic E-state index is 0.490. The molecular weight excluding hydrogens is 284 g/mol.